The molecule has 1 atom stereocenters. The number of amides is 1. The molecule has 1 aliphatic carbocycles. The van der Waals surface area contributed by atoms with Crippen LogP contribution in [-0.4, -0.2) is 42.2 Å². The second kappa shape index (κ2) is 7.39. The molecule has 2 aliphatic rings. The van der Waals surface area contributed by atoms with Crippen LogP contribution in [0.5, 0.6) is 0 Å². The average molecular weight is 379 g/mol. The fraction of sp³-hybridized carbons (Fsp3) is 0.588. The number of aryl methyl sites for hydroxylation is 2. The smallest absolute Gasteiger partial charge is 0.223 e. The Balaban J connectivity index is 1.36. The molecule has 1 fully saturated rings. The monoisotopic (exact) mass is 378 g/mol. The van der Waals surface area contributed by atoms with Crippen LogP contribution in [0.15, 0.2) is 5.38 Å². The van der Waals surface area contributed by atoms with E-state index in [1.165, 1.54) is 4.88 Å². The number of morpholine rings is 1. The lowest BCUT2D eigenvalue weighted by atomic mass is 9.90. The minimum Gasteiger partial charge on any atom is -0.378 e. The molecule has 0 bridgehead atoms. The Morgan fingerprint density at radius 2 is 2.24 bits per heavy atom. The lowest BCUT2D eigenvalue weighted by molar-refractivity contribution is -0.125. The predicted molar refractivity (Wildman–Crippen MR) is 99.4 cm³/mol. The molecule has 3 heterocycles. The van der Waals surface area contributed by atoms with Crippen molar-refractivity contribution < 1.29 is 9.53 Å². The lowest BCUT2D eigenvalue weighted by Crippen LogP contribution is -2.36. The van der Waals surface area contributed by atoms with Gasteiger partial charge in [0, 0.05) is 35.7 Å². The normalized spacial score (nSPS) is 20.4. The van der Waals surface area contributed by atoms with Gasteiger partial charge >= 0.3 is 0 Å². The summed E-state index contributed by atoms with van der Waals surface area (Å²) in [6.07, 6.45) is 2.60. The molecule has 8 heteroatoms. The summed E-state index contributed by atoms with van der Waals surface area (Å²) in [5, 5.41) is 7.16. The molecule has 1 aliphatic heterocycles. The third kappa shape index (κ3) is 3.86. The third-order valence-electron chi connectivity index (χ3n) is 4.69. The Bertz CT molecular complexity index is 752. The van der Waals surface area contributed by atoms with Crippen LogP contribution in [-0.2, 0) is 28.9 Å². The molecule has 0 spiro atoms. The number of fused-ring (bicyclic) bond motifs is 1. The molecule has 2 aromatic rings. The summed E-state index contributed by atoms with van der Waals surface area (Å²) in [4.78, 5) is 25.4. The number of hydrogen-bond donors (Lipinski definition) is 1. The van der Waals surface area contributed by atoms with Gasteiger partial charge in [-0.15, -0.1) is 22.7 Å². The van der Waals surface area contributed by atoms with E-state index in [1.54, 1.807) is 22.7 Å². The zero-order chi connectivity index (χ0) is 17.2. The highest BCUT2D eigenvalue weighted by molar-refractivity contribution is 7.15. The fourth-order valence-corrected chi connectivity index (χ4v) is 5.06. The van der Waals surface area contributed by atoms with Gasteiger partial charge in [-0.1, -0.05) is 0 Å². The van der Waals surface area contributed by atoms with Gasteiger partial charge in [0.1, 0.15) is 0 Å². The summed E-state index contributed by atoms with van der Waals surface area (Å²) in [5.74, 6) is 0.143. The molecule has 0 radical (unpaired) electrons. The number of nitrogens with one attached hydrogen (secondary N) is 1. The van der Waals surface area contributed by atoms with E-state index in [1.807, 2.05) is 12.3 Å². The van der Waals surface area contributed by atoms with Crippen molar-refractivity contribution in [3.63, 3.8) is 0 Å². The average Bonchev–Trinajstić information content (AvgIpc) is 3.25. The highest BCUT2D eigenvalue weighted by Gasteiger charge is 2.28. The molecule has 4 rings (SSSR count). The van der Waals surface area contributed by atoms with Gasteiger partial charge in [-0.3, -0.25) is 4.79 Å². The minimum absolute atomic E-state index is 0.0203. The van der Waals surface area contributed by atoms with Crippen LogP contribution < -0.4 is 10.2 Å². The first kappa shape index (κ1) is 16.9. The van der Waals surface area contributed by atoms with E-state index >= 15 is 0 Å². The first-order valence-corrected chi connectivity index (χ1v) is 10.4. The Morgan fingerprint density at radius 1 is 1.40 bits per heavy atom. The van der Waals surface area contributed by atoms with Crippen molar-refractivity contribution in [3.8, 4) is 0 Å². The topological polar surface area (TPSA) is 67.4 Å². The molecule has 1 N–H and O–H groups in total. The zero-order valence-electron chi connectivity index (χ0n) is 14.3. The molecular formula is C17H22N4O2S2. The van der Waals surface area contributed by atoms with Crippen LogP contribution in [0, 0.1) is 12.8 Å². The standard InChI is InChI=1S/C17H22N4O2S2/c1-11-19-13(10-24-11)9-18-16(22)12-2-3-15-14(8-12)20-17(25-15)21-4-6-23-7-5-21/h10,12H,2-9H2,1H3,(H,18,22). The molecule has 1 saturated heterocycles. The van der Waals surface area contributed by atoms with E-state index in [0.29, 0.717) is 6.54 Å². The maximum Gasteiger partial charge on any atom is 0.223 e. The molecule has 1 unspecified atom stereocenters. The Morgan fingerprint density at radius 3 is 3.00 bits per heavy atom. The number of ether oxygens (including phenoxy) is 1. The summed E-state index contributed by atoms with van der Waals surface area (Å²) in [6.45, 7) is 5.85. The maximum atomic E-state index is 12.5. The number of carbonyl (C=O) groups excluding carboxylic acids is 1. The van der Waals surface area contributed by atoms with Crippen molar-refractivity contribution in [1.82, 2.24) is 15.3 Å². The molecule has 2 aromatic heterocycles. The van der Waals surface area contributed by atoms with E-state index in [4.69, 9.17) is 9.72 Å². The number of nitrogens with zero attached hydrogens (tertiary/aromatic N) is 3. The van der Waals surface area contributed by atoms with Crippen LogP contribution in [0.1, 0.15) is 27.7 Å². The number of thiazole rings is 2. The van der Waals surface area contributed by atoms with Crippen molar-refractivity contribution in [2.75, 3.05) is 31.2 Å². The van der Waals surface area contributed by atoms with Crippen molar-refractivity contribution in [1.29, 1.82) is 0 Å². The van der Waals surface area contributed by atoms with E-state index < -0.39 is 0 Å². The largest absolute Gasteiger partial charge is 0.378 e. The molecule has 0 saturated carbocycles. The van der Waals surface area contributed by atoms with E-state index in [-0.39, 0.29) is 11.8 Å². The summed E-state index contributed by atoms with van der Waals surface area (Å²) in [7, 11) is 0. The highest BCUT2D eigenvalue weighted by atomic mass is 32.1. The predicted octanol–water partition coefficient (Wildman–Crippen LogP) is 2.17. The first-order chi connectivity index (χ1) is 12.2. The van der Waals surface area contributed by atoms with Gasteiger partial charge in [0.05, 0.1) is 36.2 Å². The maximum absolute atomic E-state index is 12.5. The summed E-state index contributed by atoms with van der Waals surface area (Å²) in [5.41, 5.74) is 2.05. The van der Waals surface area contributed by atoms with Crippen molar-refractivity contribution in [3.05, 3.63) is 26.7 Å². The van der Waals surface area contributed by atoms with Gasteiger partial charge in [-0.2, -0.15) is 0 Å². The first-order valence-electron chi connectivity index (χ1n) is 8.69. The highest BCUT2D eigenvalue weighted by Crippen LogP contribution is 2.34. The van der Waals surface area contributed by atoms with E-state index in [2.05, 4.69) is 15.2 Å². The van der Waals surface area contributed by atoms with Gasteiger partial charge < -0.3 is 15.0 Å². The van der Waals surface area contributed by atoms with Gasteiger partial charge in [-0.05, 0) is 19.8 Å². The Hall–Kier alpha value is -1.51. The van der Waals surface area contributed by atoms with Gasteiger partial charge in [0.25, 0.3) is 0 Å². The minimum atomic E-state index is 0.0203. The summed E-state index contributed by atoms with van der Waals surface area (Å²) in [6, 6.07) is 0. The molecule has 25 heavy (non-hydrogen) atoms. The van der Waals surface area contributed by atoms with Crippen LogP contribution in [0.4, 0.5) is 5.13 Å². The van der Waals surface area contributed by atoms with Gasteiger partial charge in [-0.25, -0.2) is 9.97 Å². The van der Waals surface area contributed by atoms with Crippen LogP contribution in [0.2, 0.25) is 0 Å². The molecular weight excluding hydrogens is 356 g/mol. The summed E-state index contributed by atoms with van der Waals surface area (Å²) < 4.78 is 5.41. The Labute approximate surface area is 155 Å². The van der Waals surface area contributed by atoms with Crippen molar-refractivity contribution >= 4 is 33.7 Å². The Kier molecular flexibility index (Phi) is 5.00. The number of anilines is 1. The zero-order valence-corrected chi connectivity index (χ0v) is 15.9. The van der Waals surface area contributed by atoms with E-state index in [0.717, 1.165) is 67.1 Å². The molecule has 6 nitrogen and oxygen atoms in total. The second-order valence-electron chi connectivity index (χ2n) is 6.48. The number of rotatable bonds is 4. The fourth-order valence-electron chi connectivity index (χ4n) is 3.29. The molecule has 1 amide bonds. The third-order valence-corrected chi connectivity index (χ3v) is 6.73. The van der Waals surface area contributed by atoms with Crippen LogP contribution >= 0.6 is 22.7 Å². The molecule has 134 valence electrons. The van der Waals surface area contributed by atoms with Crippen molar-refractivity contribution in [2.24, 2.45) is 5.92 Å². The number of carbonyl (C=O) groups is 1. The van der Waals surface area contributed by atoms with Crippen LogP contribution in [0.25, 0.3) is 0 Å². The van der Waals surface area contributed by atoms with Gasteiger partial charge in [0.15, 0.2) is 5.13 Å². The lowest BCUT2D eigenvalue weighted by Gasteiger charge is -2.26. The van der Waals surface area contributed by atoms with Gasteiger partial charge in [0.2, 0.25) is 5.91 Å². The quantitative estimate of drug-likeness (QED) is 0.883. The van der Waals surface area contributed by atoms with E-state index in [9.17, 15) is 4.79 Å². The molecule has 0 aromatic carbocycles. The number of aromatic nitrogens is 2. The number of hydrogen-bond acceptors (Lipinski definition) is 7. The summed E-state index contributed by atoms with van der Waals surface area (Å²) >= 11 is 3.40. The SMILES string of the molecule is Cc1nc(CNC(=O)C2CCc3sc(N4CCOCC4)nc3C2)cs1. The van der Waals surface area contributed by atoms with Crippen LogP contribution in [0.3, 0.4) is 0 Å². The van der Waals surface area contributed by atoms with Crippen molar-refractivity contribution in [2.45, 2.75) is 32.7 Å². The second-order valence-corrected chi connectivity index (χ2v) is 8.61.